The molecule has 202 valence electrons. The number of rotatable bonds is 7. The summed E-state index contributed by atoms with van der Waals surface area (Å²) in [6, 6.07) is 11.1. The number of halogens is 4. The lowest BCUT2D eigenvalue weighted by molar-refractivity contribution is -0.0955. The number of ether oxygens (including phenoxy) is 1. The molecular weight excluding hydrogens is 522 g/mol. The van der Waals surface area contributed by atoms with Crippen molar-refractivity contribution < 1.29 is 30.7 Å². The van der Waals surface area contributed by atoms with Crippen LogP contribution in [0.25, 0.3) is 0 Å². The second-order valence-electron chi connectivity index (χ2n) is 8.97. The van der Waals surface area contributed by atoms with Crippen molar-refractivity contribution in [1.82, 2.24) is 13.9 Å². The van der Waals surface area contributed by atoms with Gasteiger partial charge in [0.1, 0.15) is 17.6 Å². The van der Waals surface area contributed by atoms with E-state index < -0.39 is 39.8 Å². The van der Waals surface area contributed by atoms with E-state index in [0.29, 0.717) is 18.7 Å². The first-order chi connectivity index (χ1) is 18.1. The topological polar surface area (TPSA) is 64.0 Å². The van der Waals surface area contributed by atoms with E-state index in [4.69, 9.17) is 4.74 Å². The van der Waals surface area contributed by atoms with Crippen LogP contribution in [0.4, 0.5) is 17.6 Å². The van der Waals surface area contributed by atoms with Crippen LogP contribution in [-0.4, -0.2) is 56.6 Å². The summed E-state index contributed by atoms with van der Waals surface area (Å²) in [5.74, 6) is 0.223. The van der Waals surface area contributed by atoms with Gasteiger partial charge in [-0.1, -0.05) is 18.2 Å². The van der Waals surface area contributed by atoms with Gasteiger partial charge in [0.05, 0.1) is 29.8 Å². The third kappa shape index (κ3) is 5.63. The van der Waals surface area contributed by atoms with E-state index >= 15 is 0 Å². The number of sulfonamides is 1. The highest BCUT2D eigenvalue weighted by Gasteiger charge is 2.43. The van der Waals surface area contributed by atoms with Crippen molar-refractivity contribution >= 4 is 22.6 Å². The van der Waals surface area contributed by atoms with Gasteiger partial charge in [-0.05, 0) is 73.7 Å². The molecule has 0 N–H and O–H groups in total. The number of amidine groups is 1. The summed E-state index contributed by atoms with van der Waals surface area (Å²) in [5.41, 5.74) is -0.572. The minimum atomic E-state index is -4.72. The lowest BCUT2D eigenvalue weighted by atomic mass is 10.0. The number of likely N-dealkylation sites (tertiary alicyclic amines) is 1. The van der Waals surface area contributed by atoms with Crippen LogP contribution in [0.2, 0.25) is 0 Å². The minimum absolute atomic E-state index is 0.143. The second kappa shape index (κ2) is 11.0. The van der Waals surface area contributed by atoms with Gasteiger partial charge < -0.3 is 4.74 Å². The predicted molar refractivity (Wildman–Crippen MR) is 138 cm³/mol. The fraction of sp³-hybridized carbons (Fsp3) is 0.333. The Kier molecular flexibility index (Phi) is 7.99. The Morgan fingerprint density at radius 1 is 1.16 bits per heavy atom. The molecule has 0 aromatic heterocycles. The maximum Gasteiger partial charge on any atom is 0.414 e. The van der Waals surface area contributed by atoms with Crippen LogP contribution in [0.15, 0.2) is 76.8 Å². The quantitative estimate of drug-likeness (QED) is 0.211. The molecule has 2 aromatic rings. The molecule has 2 aliphatic rings. The summed E-state index contributed by atoms with van der Waals surface area (Å²) in [6.45, 7) is 3.64. The van der Waals surface area contributed by atoms with E-state index in [2.05, 4.69) is 11.4 Å². The third-order valence-corrected chi connectivity index (χ3v) is 8.48. The number of hydrogen-bond donors (Lipinski definition) is 0. The SMILES string of the molecule is C=[N+]=C(CN(C1=C(C(F)(F)F)CCC=C1)S(=O)(=O)c1ccc(OC)cc1)N1CCCC1c1ccc(F)cc1. The van der Waals surface area contributed by atoms with Gasteiger partial charge in [0, 0.05) is 0 Å². The van der Waals surface area contributed by atoms with Crippen LogP contribution in [0.3, 0.4) is 0 Å². The molecular formula is C27H28F4N3O3S+. The van der Waals surface area contributed by atoms with Crippen molar-refractivity contribution in [3.63, 3.8) is 0 Å². The summed E-state index contributed by atoms with van der Waals surface area (Å²) < 4.78 is 93.4. The number of allylic oxidation sites excluding steroid dienone is 3. The Morgan fingerprint density at radius 3 is 2.45 bits per heavy atom. The van der Waals surface area contributed by atoms with Gasteiger partial charge in [0.25, 0.3) is 10.0 Å². The Balaban J connectivity index is 1.79. The normalized spacial score (nSPS) is 17.9. The van der Waals surface area contributed by atoms with Crippen molar-refractivity contribution in [3.8, 4) is 5.75 Å². The van der Waals surface area contributed by atoms with Crippen LogP contribution >= 0.6 is 0 Å². The van der Waals surface area contributed by atoms with Gasteiger partial charge in [0.15, 0.2) is 13.3 Å². The molecule has 1 unspecified atom stereocenters. The highest BCUT2D eigenvalue weighted by Crippen LogP contribution is 2.38. The van der Waals surface area contributed by atoms with Gasteiger partial charge in [-0.2, -0.15) is 13.2 Å². The summed E-state index contributed by atoms with van der Waals surface area (Å²) in [4.78, 5) is 1.64. The average molecular weight is 551 g/mol. The molecule has 1 atom stereocenters. The fourth-order valence-electron chi connectivity index (χ4n) is 4.81. The Labute approximate surface area is 219 Å². The third-order valence-electron chi connectivity index (χ3n) is 6.71. The van der Waals surface area contributed by atoms with E-state index in [1.54, 1.807) is 12.1 Å². The zero-order valence-corrected chi connectivity index (χ0v) is 21.6. The summed E-state index contributed by atoms with van der Waals surface area (Å²) in [7, 11) is -3.03. The van der Waals surface area contributed by atoms with Crippen molar-refractivity contribution in [1.29, 1.82) is 0 Å². The second-order valence-corrected chi connectivity index (χ2v) is 10.8. The van der Waals surface area contributed by atoms with Crippen LogP contribution in [-0.2, 0) is 10.0 Å². The molecule has 0 saturated carbocycles. The van der Waals surface area contributed by atoms with Crippen LogP contribution in [0.5, 0.6) is 5.75 Å². The number of benzene rings is 2. The molecule has 0 spiro atoms. The number of alkyl halides is 3. The maximum atomic E-state index is 14.1. The monoisotopic (exact) mass is 550 g/mol. The standard InChI is InChI=1S/C27H28F4N3O3S/c1-32-26(33-17-5-8-24(33)19-9-11-20(28)12-10-19)18-34(25-7-4-3-6-23(25)27(29,30)31)38(35,36)22-15-13-21(37-2)14-16-22/h4,7,9-16,24H,1,3,5-6,8,17-18H2,2H3/q+1. The lowest BCUT2D eigenvalue weighted by Crippen LogP contribution is -2.44. The van der Waals surface area contributed by atoms with Crippen molar-refractivity contribution in [2.75, 3.05) is 20.2 Å². The molecule has 38 heavy (non-hydrogen) atoms. The van der Waals surface area contributed by atoms with Crippen molar-refractivity contribution in [2.24, 2.45) is 0 Å². The predicted octanol–water partition coefficient (Wildman–Crippen LogP) is 4.99. The Hall–Kier alpha value is -3.56. The molecule has 0 bridgehead atoms. The molecule has 0 amide bonds. The van der Waals surface area contributed by atoms with Gasteiger partial charge in [-0.3, -0.25) is 4.31 Å². The first-order valence-electron chi connectivity index (χ1n) is 12.0. The number of nitrogens with zero attached hydrogens (tertiary/aromatic N) is 3. The first kappa shape index (κ1) is 27.5. The van der Waals surface area contributed by atoms with Gasteiger partial charge in [-0.25, -0.2) is 22.4 Å². The Bertz CT molecular complexity index is 1380. The van der Waals surface area contributed by atoms with E-state index in [1.165, 1.54) is 55.7 Å². The molecule has 1 fully saturated rings. The number of hydrogen-bond acceptors (Lipinski definition) is 3. The fourth-order valence-corrected chi connectivity index (χ4v) is 6.26. The zero-order valence-electron chi connectivity index (χ0n) is 20.8. The maximum absolute atomic E-state index is 14.1. The smallest absolute Gasteiger partial charge is 0.414 e. The van der Waals surface area contributed by atoms with Crippen LogP contribution < -0.4 is 9.40 Å². The Morgan fingerprint density at radius 2 is 1.84 bits per heavy atom. The van der Waals surface area contributed by atoms with Crippen LogP contribution in [0, 0.1) is 5.82 Å². The molecule has 1 saturated heterocycles. The van der Waals surface area contributed by atoms with Gasteiger partial charge in [-0.15, -0.1) is 0 Å². The lowest BCUT2D eigenvalue weighted by Gasteiger charge is -2.30. The molecule has 1 aliphatic heterocycles. The molecule has 2 aromatic carbocycles. The van der Waals surface area contributed by atoms with E-state index in [0.717, 1.165) is 16.3 Å². The summed E-state index contributed by atoms with van der Waals surface area (Å²) >= 11 is 0. The van der Waals surface area contributed by atoms with E-state index in [-0.39, 0.29) is 29.6 Å². The average Bonchev–Trinajstić information content (AvgIpc) is 3.39. The first-order valence-corrected chi connectivity index (χ1v) is 13.5. The molecule has 1 heterocycles. The molecule has 1 aliphatic carbocycles. The summed E-state index contributed by atoms with van der Waals surface area (Å²) in [5, 5.41) is 0. The number of methoxy groups -OCH3 is 1. The van der Waals surface area contributed by atoms with E-state index in [1.807, 2.05) is 4.90 Å². The van der Waals surface area contributed by atoms with Gasteiger partial charge >= 0.3 is 12.0 Å². The molecule has 0 radical (unpaired) electrons. The molecule has 4 rings (SSSR count). The highest BCUT2D eigenvalue weighted by atomic mass is 32.2. The summed E-state index contributed by atoms with van der Waals surface area (Å²) in [6.07, 6.45) is -0.768. The highest BCUT2D eigenvalue weighted by molar-refractivity contribution is 7.89. The zero-order chi connectivity index (χ0) is 27.5. The van der Waals surface area contributed by atoms with E-state index in [9.17, 15) is 26.0 Å². The van der Waals surface area contributed by atoms with Crippen molar-refractivity contribution in [3.05, 3.63) is 83.3 Å². The molecule has 11 heteroatoms. The van der Waals surface area contributed by atoms with Gasteiger partial charge in [0.2, 0.25) is 0 Å². The van der Waals surface area contributed by atoms with Crippen molar-refractivity contribution in [2.45, 2.75) is 42.8 Å². The largest absolute Gasteiger partial charge is 0.497 e. The van der Waals surface area contributed by atoms with Crippen LogP contribution in [0.1, 0.15) is 37.3 Å². The molecule has 6 nitrogen and oxygen atoms in total. The minimum Gasteiger partial charge on any atom is -0.497 e.